The predicted molar refractivity (Wildman–Crippen MR) is 58.0 cm³/mol. The molecule has 0 saturated carbocycles. The number of aromatic amines is 1. The minimum atomic E-state index is 0. The van der Waals surface area contributed by atoms with Gasteiger partial charge in [0.25, 0.3) is 0 Å². The molecule has 0 spiro atoms. The van der Waals surface area contributed by atoms with Gasteiger partial charge in [-0.3, -0.25) is 5.10 Å². The Hall–Kier alpha value is -0.740. The van der Waals surface area contributed by atoms with Crippen molar-refractivity contribution in [1.82, 2.24) is 10.2 Å². The fourth-order valence-corrected chi connectivity index (χ4v) is 1.54. The van der Waals surface area contributed by atoms with Crippen molar-refractivity contribution in [2.75, 3.05) is 18.5 Å². The molecule has 4 nitrogen and oxygen atoms in total. The Bertz CT molecular complexity index is 271. The molecule has 1 fully saturated rings. The van der Waals surface area contributed by atoms with Crippen LogP contribution >= 0.6 is 12.4 Å². The van der Waals surface area contributed by atoms with E-state index in [-0.39, 0.29) is 12.4 Å². The van der Waals surface area contributed by atoms with Crippen LogP contribution in [0.25, 0.3) is 0 Å². The molecule has 2 heterocycles. The van der Waals surface area contributed by atoms with Crippen LogP contribution in [-0.4, -0.2) is 29.5 Å². The van der Waals surface area contributed by atoms with Gasteiger partial charge in [-0.05, 0) is 19.8 Å². The number of anilines is 1. The third-order valence-electron chi connectivity index (χ3n) is 2.28. The molecule has 80 valence electrons. The lowest BCUT2D eigenvalue weighted by Crippen LogP contribution is -2.27. The largest absolute Gasteiger partial charge is 0.381 e. The van der Waals surface area contributed by atoms with E-state index in [1.165, 1.54) is 0 Å². The van der Waals surface area contributed by atoms with Gasteiger partial charge in [0.2, 0.25) is 0 Å². The predicted octanol–water partition coefficient (Wildman–Crippen LogP) is 1.73. The van der Waals surface area contributed by atoms with Gasteiger partial charge in [-0.1, -0.05) is 0 Å². The van der Waals surface area contributed by atoms with Crippen molar-refractivity contribution in [1.29, 1.82) is 0 Å². The van der Waals surface area contributed by atoms with E-state index in [2.05, 4.69) is 15.5 Å². The molecule has 2 N–H and O–H groups in total. The van der Waals surface area contributed by atoms with Crippen LogP contribution in [-0.2, 0) is 4.74 Å². The van der Waals surface area contributed by atoms with E-state index in [1.807, 2.05) is 13.0 Å². The third kappa shape index (κ3) is 2.89. The summed E-state index contributed by atoms with van der Waals surface area (Å²) in [6.07, 6.45) is 2.15. The van der Waals surface area contributed by atoms with Gasteiger partial charge in [0, 0.05) is 31.0 Å². The Morgan fingerprint density at radius 2 is 2.21 bits per heavy atom. The van der Waals surface area contributed by atoms with Crippen LogP contribution in [0.5, 0.6) is 0 Å². The first-order chi connectivity index (χ1) is 6.34. The Kier molecular flexibility index (Phi) is 4.22. The molecule has 0 bridgehead atoms. The first kappa shape index (κ1) is 11.3. The maximum absolute atomic E-state index is 5.27. The second kappa shape index (κ2) is 5.22. The molecule has 5 heteroatoms. The van der Waals surface area contributed by atoms with Crippen molar-refractivity contribution in [2.24, 2.45) is 0 Å². The number of nitrogens with zero attached hydrogens (tertiary/aromatic N) is 1. The summed E-state index contributed by atoms with van der Waals surface area (Å²) in [5, 5.41) is 10.4. The van der Waals surface area contributed by atoms with Crippen molar-refractivity contribution >= 4 is 18.2 Å². The summed E-state index contributed by atoms with van der Waals surface area (Å²) in [5.74, 6) is 0.949. The summed E-state index contributed by atoms with van der Waals surface area (Å²) in [5.41, 5.74) is 1.09. The van der Waals surface area contributed by atoms with E-state index in [0.29, 0.717) is 6.04 Å². The van der Waals surface area contributed by atoms with E-state index in [9.17, 15) is 0 Å². The smallest absolute Gasteiger partial charge is 0.148 e. The molecule has 1 aliphatic rings. The van der Waals surface area contributed by atoms with E-state index >= 15 is 0 Å². The molecular formula is C9H16ClN3O. The van der Waals surface area contributed by atoms with Crippen LogP contribution < -0.4 is 5.32 Å². The molecule has 0 radical (unpaired) electrons. The zero-order chi connectivity index (χ0) is 9.10. The topological polar surface area (TPSA) is 49.9 Å². The number of nitrogens with one attached hydrogen (secondary N) is 2. The number of halogens is 1. The number of ether oxygens (including phenoxy) is 1. The number of aromatic nitrogens is 2. The zero-order valence-corrected chi connectivity index (χ0v) is 9.06. The SMILES string of the molecule is Cc1cc(NC2CCOCC2)n[nH]1.Cl. The van der Waals surface area contributed by atoms with Gasteiger partial charge >= 0.3 is 0 Å². The van der Waals surface area contributed by atoms with Crippen molar-refractivity contribution in [3.8, 4) is 0 Å². The van der Waals surface area contributed by atoms with Crippen LogP contribution in [0.4, 0.5) is 5.82 Å². The maximum Gasteiger partial charge on any atom is 0.148 e. The summed E-state index contributed by atoms with van der Waals surface area (Å²) >= 11 is 0. The fourth-order valence-electron chi connectivity index (χ4n) is 1.54. The average Bonchev–Trinajstić information content (AvgIpc) is 2.53. The van der Waals surface area contributed by atoms with Gasteiger partial charge in [-0.25, -0.2) is 0 Å². The molecule has 2 rings (SSSR count). The normalized spacial score (nSPS) is 17.5. The highest BCUT2D eigenvalue weighted by Gasteiger charge is 2.13. The molecule has 0 amide bonds. The molecule has 14 heavy (non-hydrogen) atoms. The van der Waals surface area contributed by atoms with Crippen LogP contribution in [0.1, 0.15) is 18.5 Å². The van der Waals surface area contributed by atoms with Crippen molar-refractivity contribution in [3.63, 3.8) is 0 Å². The second-order valence-electron chi connectivity index (χ2n) is 3.47. The number of rotatable bonds is 2. The van der Waals surface area contributed by atoms with E-state index in [1.54, 1.807) is 0 Å². The van der Waals surface area contributed by atoms with Crippen LogP contribution in [0, 0.1) is 6.92 Å². The molecule has 0 unspecified atom stereocenters. The summed E-state index contributed by atoms with van der Waals surface area (Å²) in [6, 6.07) is 2.55. The lowest BCUT2D eigenvalue weighted by atomic mass is 10.1. The van der Waals surface area contributed by atoms with E-state index in [0.717, 1.165) is 37.6 Å². The van der Waals surface area contributed by atoms with Crippen LogP contribution in [0.15, 0.2) is 6.07 Å². The van der Waals surface area contributed by atoms with Gasteiger partial charge in [0.05, 0.1) is 0 Å². The molecule has 0 aromatic carbocycles. The Balaban J connectivity index is 0.000000980. The zero-order valence-electron chi connectivity index (χ0n) is 8.25. The number of hydrogen-bond donors (Lipinski definition) is 2. The van der Waals surface area contributed by atoms with Gasteiger partial charge in [-0.15, -0.1) is 12.4 Å². The Morgan fingerprint density at radius 1 is 1.50 bits per heavy atom. The first-order valence-electron chi connectivity index (χ1n) is 4.71. The number of aryl methyl sites for hydroxylation is 1. The monoisotopic (exact) mass is 217 g/mol. The fraction of sp³-hybridized carbons (Fsp3) is 0.667. The standard InChI is InChI=1S/C9H15N3O.ClH/c1-7-6-9(12-11-7)10-8-2-4-13-5-3-8;/h6,8H,2-5H2,1H3,(H2,10,11,12);1H. The summed E-state index contributed by atoms with van der Waals surface area (Å²) in [4.78, 5) is 0. The molecule has 1 saturated heterocycles. The third-order valence-corrected chi connectivity index (χ3v) is 2.28. The summed E-state index contributed by atoms with van der Waals surface area (Å²) in [7, 11) is 0. The van der Waals surface area contributed by atoms with Crippen molar-refractivity contribution in [2.45, 2.75) is 25.8 Å². The minimum Gasteiger partial charge on any atom is -0.381 e. The van der Waals surface area contributed by atoms with Gasteiger partial charge in [0.1, 0.15) is 5.82 Å². The Morgan fingerprint density at radius 3 is 2.79 bits per heavy atom. The van der Waals surface area contributed by atoms with Crippen LogP contribution in [0.2, 0.25) is 0 Å². The van der Waals surface area contributed by atoms with Gasteiger partial charge < -0.3 is 10.1 Å². The molecule has 0 aliphatic carbocycles. The highest BCUT2D eigenvalue weighted by Crippen LogP contribution is 2.13. The highest BCUT2D eigenvalue weighted by molar-refractivity contribution is 5.85. The minimum absolute atomic E-state index is 0. The lowest BCUT2D eigenvalue weighted by Gasteiger charge is -2.22. The van der Waals surface area contributed by atoms with Crippen molar-refractivity contribution < 1.29 is 4.74 Å². The lowest BCUT2D eigenvalue weighted by molar-refractivity contribution is 0.0904. The molecule has 1 aromatic rings. The molecule has 1 aromatic heterocycles. The quantitative estimate of drug-likeness (QED) is 0.794. The average molecular weight is 218 g/mol. The first-order valence-corrected chi connectivity index (χ1v) is 4.71. The maximum atomic E-state index is 5.27. The number of hydrogen-bond acceptors (Lipinski definition) is 3. The number of H-pyrrole nitrogens is 1. The van der Waals surface area contributed by atoms with Crippen molar-refractivity contribution in [3.05, 3.63) is 11.8 Å². The highest BCUT2D eigenvalue weighted by atomic mass is 35.5. The Labute approximate surface area is 89.8 Å². The van der Waals surface area contributed by atoms with E-state index in [4.69, 9.17) is 4.74 Å². The van der Waals surface area contributed by atoms with Gasteiger partial charge in [0.15, 0.2) is 0 Å². The van der Waals surface area contributed by atoms with Crippen LogP contribution in [0.3, 0.4) is 0 Å². The van der Waals surface area contributed by atoms with E-state index < -0.39 is 0 Å². The second-order valence-corrected chi connectivity index (χ2v) is 3.47. The summed E-state index contributed by atoms with van der Waals surface area (Å²) in [6.45, 7) is 3.73. The molecule has 1 aliphatic heterocycles. The van der Waals surface area contributed by atoms with Gasteiger partial charge in [-0.2, -0.15) is 5.10 Å². The molecular weight excluding hydrogens is 202 g/mol. The molecule has 0 atom stereocenters. The summed E-state index contributed by atoms with van der Waals surface area (Å²) < 4.78 is 5.27.